The van der Waals surface area contributed by atoms with E-state index in [0.717, 1.165) is 6.42 Å². The number of H-pyrrole nitrogens is 1. The number of anilines is 1. The smallest absolute Gasteiger partial charge is 0.333 e. The molecule has 0 fully saturated rings. The van der Waals surface area contributed by atoms with Crippen LogP contribution in [0.3, 0.4) is 0 Å². The molecule has 0 saturated carbocycles. The number of rotatable bonds is 7. The lowest BCUT2D eigenvalue weighted by Crippen LogP contribution is -2.11. The van der Waals surface area contributed by atoms with Crippen LogP contribution in [0.25, 0.3) is 0 Å². The highest BCUT2D eigenvalue weighted by Gasteiger charge is 2.22. The maximum absolute atomic E-state index is 11.3. The van der Waals surface area contributed by atoms with E-state index < -0.39 is 4.92 Å². The number of hydrogen-bond donors (Lipinski definition) is 2. The lowest BCUT2D eigenvalue weighted by atomic mass is 10.2. The summed E-state index contributed by atoms with van der Waals surface area (Å²) >= 11 is 0. The Morgan fingerprint density at radius 3 is 2.95 bits per heavy atom. The maximum Gasteiger partial charge on any atom is 0.333 e. The zero-order valence-electron chi connectivity index (χ0n) is 11.9. The highest BCUT2D eigenvalue weighted by molar-refractivity contribution is 5.68. The molecule has 0 amide bonds. The van der Waals surface area contributed by atoms with E-state index in [9.17, 15) is 10.1 Å². The number of nitro benzene ring substituents is 1. The minimum Gasteiger partial charge on any atom is -0.487 e. The molecule has 1 heterocycles. The van der Waals surface area contributed by atoms with Crippen LogP contribution < -0.4 is 10.1 Å². The monoisotopic (exact) mass is 291 g/mol. The van der Waals surface area contributed by atoms with Crippen LogP contribution in [0.2, 0.25) is 0 Å². The standard InChI is InChI=1S/C13H17N5O3/c1-3-7-21-11-6-4-5-10(12(11)18(19)20)16-9(2)13-14-8-15-17-13/h4-6,8-9,16H,3,7H2,1-2H3,(H,14,15,17). The molecule has 1 atom stereocenters. The number of para-hydroxylation sites is 1. The van der Waals surface area contributed by atoms with E-state index in [1.807, 2.05) is 13.8 Å². The van der Waals surface area contributed by atoms with Gasteiger partial charge in [-0.3, -0.25) is 15.2 Å². The summed E-state index contributed by atoms with van der Waals surface area (Å²) in [6.45, 7) is 4.21. The van der Waals surface area contributed by atoms with Crippen molar-refractivity contribution in [3.8, 4) is 5.75 Å². The molecule has 0 spiro atoms. The number of benzene rings is 1. The van der Waals surface area contributed by atoms with Gasteiger partial charge in [0.2, 0.25) is 0 Å². The molecule has 1 unspecified atom stereocenters. The Labute approximate surface area is 121 Å². The summed E-state index contributed by atoms with van der Waals surface area (Å²) in [7, 11) is 0. The molecule has 2 N–H and O–H groups in total. The van der Waals surface area contributed by atoms with Crippen LogP contribution in [-0.4, -0.2) is 26.7 Å². The van der Waals surface area contributed by atoms with Crippen LogP contribution in [0.5, 0.6) is 5.75 Å². The van der Waals surface area contributed by atoms with E-state index in [1.54, 1.807) is 18.2 Å². The Bertz CT molecular complexity index is 600. The van der Waals surface area contributed by atoms with Crippen molar-refractivity contribution in [1.29, 1.82) is 0 Å². The van der Waals surface area contributed by atoms with E-state index in [0.29, 0.717) is 18.1 Å². The van der Waals surface area contributed by atoms with Gasteiger partial charge in [-0.1, -0.05) is 13.0 Å². The summed E-state index contributed by atoms with van der Waals surface area (Å²) in [5.41, 5.74) is 0.315. The SMILES string of the molecule is CCCOc1cccc(NC(C)c2ncn[nH]2)c1[N+](=O)[O-]. The van der Waals surface area contributed by atoms with Crippen LogP contribution in [0.4, 0.5) is 11.4 Å². The highest BCUT2D eigenvalue weighted by Crippen LogP contribution is 2.36. The fourth-order valence-corrected chi connectivity index (χ4v) is 1.88. The van der Waals surface area contributed by atoms with E-state index in [-0.39, 0.29) is 17.5 Å². The average Bonchev–Trinajstić information content (AvgIpc) is 2.99. The summed E-state index contributed by atoms with van der Waals surface area (Å²) in [5, 5.41) is 20.9. The summed E-state index contributed by atoms with van der Waals surface area (Å²) in [4.78, 5) is 14.9. The van der Waals surface area contributed by atoms with Gasteiger partial charge in [-0.15, -0.1) is 0 Å². The topological polar surface area (TPSA) is 106 Å². The first-order valence-electron chi connectivity index (χ1n) is 6.65. The van der Waals surface area contributed by atoms with E-state index in [1.165, 1.54) is 6.33 Å². The Hall–Kier alpha value is -2.64. The number of nitro groups is 1. The van der Waals surface area contributed by atoms with Crippen LogP contribution in [0, 0.1) is 10.1 Å². The predicted molar refractivity (Wildman–Crippen MR) is 77.3 cm³/mol. The molecule has 8 heteroatoms. The summed E-state index contributed by atoms with van der Waals surface area (Å²) in [5.74, 6) is 0.862. The van der Waals surface area contributed by atoms with Gasteiger partial charge in [-0.05, 0) is 25.5 Å². The highest BCUT2D eigenvalue weighted by atomic mass is 16.6. The van der Waals surface area contributed by atoms with Gasteiger partial charge < -0.3 is 10.1 Å². The summed E-state index contributed by atoms with van der Waals surface area (Å²) in [6, 6.07) is 4.71. The molecule has 0 aliphatic carbocycles. The molecule has 1 aromatic heterocycles. The molecule has 2 aromatic rings. The first kappa shape index (κ1) is 14.8. The minimum absolute atomic E-state index is 0.0719. The van der Waals surface area contributed by atoms with E-state index >= 15 is 0 Å². The second-order valence-corrected chi connectivity index (χ2v) is 4.49. The third-order valence-corrected chi connectivity index (χ3v) is 2.86. The Morgan fingerprint density at radius 1 is 1.52 bits per heavy atom. The van der Waals surface area contributed by atoms with Gasteiger partial charge in [-0.25, -0.2) is 4.98 Å². The fourth-order valence-electron chi connectivity index (χ4n) is 1.88. The number of nitrogens with one attached hydrogen (secondary N) is 2. The van der Waals surface area contributed by atoms with Gasteiger partial charge in [0.25, 0.3) is 0 Å². The van der Waals surface area contributed by atoms with Crippen LogP contribution in [-0.2, 0) is 0 Å². The van der Waals surface area contributed by atoms with E-state index in [4.69, 9.17) is 4.74 Å². The van der Waals surface area contributed by atoms with Crippen molar-refractivity contribution in [3.05, 3.63) is 40.5 Å². The molecule has 0 radical (unpaired) electrons. The first-order chi connectivity index (χ1) is 10.1. The molecule has 112 valence electrons. The molecule has 0 saturated heterocycles. The van der Waals surface area contributed by atoms with E-state index in [2.05, 4.69) is 20.5 Å². The van der Waals surface area contributed by atoms with Crippen LogP contribution in [0.1, 0.15) is 32.1 Å². The van der Waals surface area contributed by atoms with Crippen LogP contribution >= 0.6 is 0 Å². The van der Waals surface area contributed by atoms with Gasteiger partial charge >= 0.3 is 5.69 Å². The number of nitrogens with zero attached hydrogens (tertiary/aromatic N) is 3. The van der Waals surface area contributed by atoms with Crippen molar-refractivity contribution >= 4 is 11.4 Å². The predicted octanol–water partition coefficient (Wildman–Crippen LogP) is 2.67. The first-order valence-corrected chi connectivity index (χ1v) is 6.65. The molecule has 1 aromatic carbocycles. The number of aromatic nitrogens is 3. The molecule has 21 heavy (non-hydrogen) atoms. The van der Waals surface area contributed by atoms with Gasteiger partial charge in [-0.2, -0.15) is 5.10 Å². The quantitative estimate of drug-likeness (QED) is 0.600. The van der Waals surface area contributed by atoms with Gasteiger partial charge in [0.15, 0.2) is 5.75 Å². The number of aromatic amines is 1. The Balaban J connectivity index is 2.27. The van der Waals surface area contributed by atoms with Crippen molar-refractivity contribution in [1.82, 2.24) is 15.2 Å². The zero-order chi connectivity index (χ0) is 15.2. The van der Waals surface area contributed by atoms with Crippen molar-refractivity contribution in [2.75, 3.05) is 11.9 Å². The van der Waals surface area contributed by atoms with Crippen LogP contribution in [0.15, 0.2) is 24.5 Å². The van der Waals surface area contributed by atoms with Crippen molar-refractivity contribution in [2.24, 2.45) is 0 Å². The minimum atomic E-state index is -0.444. The second kappa shape index (κ2) is 6.69. The Kier molecular flexibility index (Phi) is 4.70. The third-order valence-electron chi connectivity index (χ3n) is 2.86. The molecular formula is C13H17N5O3. The number of ether oxygens (including phenoxy) is 1. The normalized spacial score (nSPS) is 11.9. The summed E-state index contributed by atoms with van der Waals surface area (Å²) < 4.78 is 5.44. The van der Waals surface area contributed by atoms with Crippen molar-refractivity contribution in [3.63, 3.8) is 0 Å². The van der Waals surface area contributed by atoms with Crippen molar-refractivity contribution < 1.29 is 9.66 Å². The summed E-state index contributed by atoms with van der Waals surface area (Å²) in [6.07, 6.45) is 2.17. The third kappa shape index (κ3) is 3.47. The lowest BCUT2D eigenvalue weighted by molar-refractivity contribution is -0.385. The molecule has 8 nitrogen and oxygen atoms in total. The van der Waals surface area contributed by atoms with Crippen molar-refractivity contribution in [2.45, 2.75) is 26.3 Å². The molecule has 0 aliphatic heterocycles. The average molecular weight is 291 g/mol. The van der Waals surface area contributed by atoms with Gasteiger partial charge in [0.1, 0.15) is 17.8 Å². The maximum atomic E-state index is 11.3. The fraction of sp³-hybridized carbons (Fsp3) is 0.385. The molecule has 2 rings (SSSR count). The second-order valence-electron chi connectivity index (χ2n) is 4.49. The van der Waals surface area contributed by atoms with Gasteiger partial charge in [0, 0.05) is 0 Å². The number of hydrogen-bond acceptors (Lipinski definition) is 6. The lowest BCUT2D eigenvalue weighted by Gasteiger charge is -2.14. The molecule has 0 aliphatic rings. The molecule has 0 bridgehead atoms. The Morgan fingerprint density at radius 2 is 2.33 bits per heavy atom. The molecular weight excluding hydrogens is 274 g/mol. The largest absolute Gasteiger partial charge is 0.487 e. The van der Waals surface area contributed by atoms with Gasteiger partial charge in [0.05, 0.1) is 17.6 Å². The zero-order valence-corrected chi connectivity index (χ0v) is 11.9.